The third-order valence-corrected chi connectivity index (χ3v) is 6.69. The van der Waals surface area contributed by atoms with Gasteiger partial charge in [0, 0.05) is 30.0 Å². The fourth-order valence-corrected chi connectivity index (χ4v) is 4.82. The second kappa shape index (κ2) is 9.95. The van der Waals surface area contributed by atoms with Gasteiger partial charge < -0.3 is 10.6 Å². The van der Waals surface area contributed by atoms with E-state index in [9.17, 15) is 14.4 Å². The van der Waals surface area contributed by atoms with Gasteiger partial charge in [-0.25, -0.2) is 9.50 Å². The van der Waals surface area contributed by atoms with Crippen molar-refractivity contribution >= 4 is 33.9 Å². The molecule has 198 valence electrons. The van der Waals surface area contributed by atoms with E-state index < -0.39 is 11.9 Å². The van der Waals surface area contributed by atoms with Gasteiger partial charge in [0.05, 0.1) is 34.6 Å². The molecule has 3 N–H and O–H groups in total. The molecule has 0 fully saturated rings. The highest BCUT2D eigenvalue weighted by Crippen LogP contribution is 2.26. The van der Waals surface area contributed by atoms with Gasteiger partial charge >= 0.3 is 0 Å². The molecule has 1 atom stereocenters. The van der Waals surface area contributed by atoms with E-state index >= 15 is 0 Å². The molecule has 6 rings (SSSR count). The van der Waals surface area contributed by atoms with E-state index in [4.69, 9.17) is 0 Å². The Hall–Kier alpha value is -5.58. The second-order valence-corrected chi connectivity index (χ2v) is 9.30. The van der Waals surface area contributed by atoms with Crippen LogP contribution in [0.25, 0.3) is 22.1 Å². The summed E-state index contributed by atoms with van der Waals surface area (Å²) < 4.78 is 3.12. The van der Waals surface area contributed by atoms with Crippen LogP contribution in [-0.2, 0) is 0 Å². The molecular weight excluding hydrogens is 508 g/mol. The monoisotopic (exact) mass is 532 g/mol. The molecule has 40 heavy (non-hydrogen) atoms. The molecule has 0 spiro atoms. The van der Waals surface area contributed by atoms with Crippen LogP contribution < -0.4 is 16.2 Å². The van der Waals surface area contributed by atoms with Crippen molar-refractivity contribution in [2.45, 2.75) is 19.9 Å². The van der Waals surface area contributed by atoms with E-state index in [-0.39, 0.29) is 11.5 Å². The van der Waals surface area contributed by atoms with Crippen molar-refractivity contribution in [1.29, 1.82) is 0 Å². The fraction of sp³-hybridized carbons (Fsp3) is 0.103. The molecule has 6 aromatic rings. The fourth-order valence-electron chi connectivity index (χ4n) is 4.82. The molecule has 0 aliphatic carbocycles. The molecular formula is C29H24N8O3. The van der Waals surface area contributed by atoms with Gasteiger partial charge in [0.2, 0.25) is 0 Å². The number of nitrogens with one attached hydrogen (secondary N) is 3. The van der Waals surface area contributed by atoms with Crippen LogP contribution in [0.4, 0.5) is 5.69 Å². The zero-order valence-corrected chi connectivity index (χ0v) is 21.6. The molecule has 0 saturated carbocycles. The Balaban J connectivity index is 1.46. The van der Waals surface area contributed by atoms with Crippen molar-refractivity contribution in [2.24, 2.45) is 0 Å². The molecule has 11 heteroatoms. The Labute approximate surface area is 227 Å². The number of hydrogen-bond acceptors (Lipinski definition) is 6. The van der Waals surface area contributed by atoms with Crippen LogP contribution in [0.15, 0.2) is 90.2 Å². The number of aromatic nitrogens is 6. The Kier molecular flexibility index (Phi) is 6.15. The highest BCUT2D eigenvalue weighted by Gasteiger charge is 2.24. The summed E-state index contributed by atoms with van der Waals surface area (Å²) >= 11 is 0. The standard InChI is InChI=1S/C29H24N8O3/c1-17(33-28(39)24-18(2)35-36-13-7-12-30-26(24)36)23-14-19-8-6-11-22(34-27(38)20-15-31-32-16-20)25(19)29(40)37(23)21-9-4-3-5-10-21/h3-17H,1-2H3,(H,31,32)(H,33,39)(H,34,38)/t17-/m1/s1. The molecule has 4 aromatic heterocycles. The first-order valence-electron chi connectivity index (χ1n) is 12.6. The summed E-state index contributed by atoms with van der Waals surface area (Å²) in [5.41, 5.74) is 2.91. The number of rotatable bonds is 6. The summed E-state index contributed by atoms with van der Waals surface area (Å²) in [6, 6.07) is 17.4. The molecule has 0 saturated heterocycles. The predicted octanol–water partition coefficient (Wildman–Crippen LogP) is 3.81. The lowest BCUT2D eigenvalue weighted by atomic mass is 10.1. The van der Waals surface area contributed by atoms with Gasteiger partial charge in [0.25, 0.3) is 17.4 Å². The Bertz CT molecular complexity index is 1940. The number of amides is 2. The Morgan fingerprint density at radius 2 is 1.85 bits per heavy atom. The quantitative estimate of drug-likeness (QED) is 0.298. The Morgan fingerprint density at radius 3 is 2.62 bits per heavy atom. The van der Waals surface area contributed by atoms with Gasteiger partial charge in [-0.2, -0.15) is 10.2 Å². The Morgan fingerprint density at radius 1 is 1.02 bits per heavy atom. The maximum atomic E-state index is 14.1. The van der Waals surface area contributed by atoms with Crippen molar-refractivity contribution in [3.63, 3.8) is 0 Å². The molecule has 0 bridgehead atoms. The minimum absolute atomic E-state index is 0.336. The van der Waals surface area contributed by atoms with E-state index in [2.05, 4.69) is 30.9 Å². The maximum absolute atomic E-state index is 14.1. The van der Waals surface area contributed by atoms with Crippen molar-refractivity contribution in [2.75, 3.05) is 5.32 Å². The lowest BCUT2D eigenvalue weighted by molar-refractivity contribution is 0.0938. The summed E-state index contributed by atoms with van der Waals surface area (Å²) in [6.07, 6.45) is 6.23. The van der Waals surface area contributed by atoms with E-state index in [0.29, 0.717) is 50.3 Å². The van der Waals surface area contributed by atoms with Crippen LogP contribution in [0.2, 0.25) is 0 Å². The zero-order chi connectivity index (χ0) is 27.8. The minimum atomic E-state index is -0.577. The van der Waals surface area contributed by atoms with Crippen LogP contribution >= 0.6 is 0 Å². The number of para-hydroxylation sites is 1. The van der Waals surface area contributed by atoms with Crippen LogP contribution in [0.5, 0.6) is 0 Å². The number of pyridine rings is 1. The number of fused-ring (bicyclic) bond motifs is 2. The van der Waals surface area contributed by atoms with Crippen LogP contribution in [0, 0.1) is 6.92 Å². The van der Waals surface area contributed by atoms with Crippen molar-refractivity contribution < 1.29 is 9.59 Å². The smallest absolute Gasteiger partial charge is 0.265 e. The van der Waals surface area contributed by atoms with Gasteiger partial charge in [-0.05, 0) is 49.6 Å². The van der Waals surface area contributed by atoms with E-state index in [1.165, 1.54) is 12.4 Å². The third kappa shape index (κ3) is 4.29. The van der Waals surface area contributed by atoms with E-state index in [1.54, 1.807) is 52.7 Å². The summed E-state index contributed by atoms with van der Waals surface area (Å²) in [6.45, 7) is 3.57. The number of benzene rings is 2. The third-order valence-electron chi connectivity index (χ3n) is 6.69. The van der Waals surface area contributed by atoms with E-state index in [1.807, 2.05) is 43.3 Å². The number of aromatic amines is 1. The highest BCUT2D eigenvalue weighted by molar-refractivity contribution is 6.09. The van der Waals surface area contributed by atoms with Gasteiger partial charge in [0.1, 0.15) is 5.56 Å². The molecule has 2 amide bonds. The average Bonchev–Trinajstić information content (AvgIpc) is 3.61. The average molecular weight is 533 g/mol. The van der Waals surface area contributed by atoms with E-state index in [0.717, 1.165) is 0 Å². The number of aryl methyl sites for hydroxylation is 1. The first-order chi connectivity index (χ1) is 19.4. The SMILES string of the molecule is Cc1nn2cccnc2c1C(=O)N[C@H](C)c1cc2cccc(NC(=O)c3cn[nH]c3)c2c(=O)n1-c1ccccc1. The molecule has 0 aliphatic heterocycles. The molecule has 2 aromatic carbocycles. The molecule has 0 aliphatic rings. The molecule has 4 heterocycles. The van der Waals surface area contributed by atoms with Crippen LogP contribution in [-0.4, -0.2) is 41.2 Å². The number of nitrogens with zero attached hydrogens (tertiary/aromatic N) is 5. The van der Waals surface area contributed by atoms with Gasteiger partial charge in [-0.3, -0.25) is 24.0 Å². The zero-order valence-electron chi connectivity index (χ0n) is 21.6. The first-order valence-corrected chi connectivity index (χ1v) is 12.6. The van der Waals surface area contributed by atoms with Crippen molar-refractivity contribution in [3.05, 3.63) is 118 Å². The summed E-state index contributed by atoms with van der Waals surface area (Å²) in [4.78, 5) is 44.7. The number of carbonyl (C=O) groups excluding carboxylic acids is 2. The lowest BCUT2D eigenvalue weighted by Gasteiger charge is -2.21. The normalized spacial score (nSPS) is 11.9. The summed E-state index contributed by atoms with van der Waals surface area (Å²) in [7, 11) is 0. The van der Waals surface area contributed by atoms with Gasteiger partial charge in [-0.15, -0.1) is 0 Å². The summed E-state index contributed by atoms with van der Waals surface area (Å²) in [5.74, 6) is -0.749. The molecule has 0 unspecified atom stereocenters. The van der Waals surface area contributed by atoms with Crippen LogP contribution in [0.1, 0.15) is 45.1 Å². The number of H-pyrrole nitrogens is 1. The number of hydrogen-bond donors (Lipinski definition) is 3. The topological polar surface area (TPSA) is 139 Å². The predicted molar refractivity (Wildman–Crippen MR) is 150 cm³/mol. The minimum Gasteiger partial charge on any atom is -0.344 e. The first kappa shape index (κ1) is 24.7. The molecule has 0 radical (unpaired) electrons. The second-order valence-electron chi connectivity index (χ2n) is 9.30. The largest absolute Gasteiger partial charge is 0.344 e. The maximum Gasteiger partial charge on any atom is 0.265 e. The van der Waals surface area contributed by atoms with Gasteiger partial charge in [0.15, 0.2) is 5.65 Å². The summed E-state index contributed by atoms with van der Waals surface area (Å²) in [5, 5.41) is 17.6. The van der Waals surface area contributed by atoms with Gasteiger partial charge in [-0.1, -0.05) is 30.3 Å². The van der Waals surface area contributed by atoms with Crippen LogP contribution in [0.3, 0.4) is 0 Å². The highest BCUT2D eigenvalue weighted by atomic mass is 16.2. The molecule has 11 nitrogen and oxygen atoms in total. The van der Waals surface area contributed by atoms with Crippen molar-refractivity contribution in [1.82, 2.24) is 34.7 Å². The number of anilines is 1. The van der Waals surface area contributed by atoms with Crippen molar-refractivity contribution in [3.8, 4) is 5.69 Å². The number of carbonyl (C=O) groups is 2. The lowest BCUT2D eigenvalue weighted by Crippen LogP contribution is -2.32.